The quantitative estimate of drug-likeness (QED) is 0.855. The van der Waals surface area contributed by atoms with E-state index in [2.05, 4.69) is 4.98 Å². The maximum Gasteiger partial charge on any atom is 0.243 e. The lowest BCUT2D eigenvalue weighted by atomic mass is 10.2. The van der Waals surface area contributed by atoms with E-state index in [1.54, 1.807) is 36.0 Å². The summed E-state index contributed by atoms with van der Waals surface area (Å²) in [5.41, 5.74) is 0.935. The van der Waals surface area contributed by atoms with Crippen LogP contribution in [0.1, 0.15) is 17.0 Å². The van der Waals surface area contributed by atoms with Gasteiger partial charge in [0.25, 0.3) is 0 Å². The number of nitrogens with zero attached hydrogens (tertiary/aromatic N) is 4. The summed E-state index contributed by atoms with van der Waals surface area (Å²) in [6, 6.07) is 6.61. The van der Waals surface area contributed by atoms with Crippen molar-refractivity contribution in [2.24, 2.45) is 7.05 Å². The first-order valence-corrected chi connectivity index (χ1v) is 7.73. The van der Waals surface area contributed by atoms with E-state index in [1.807, 2.05) is 13.1 Å². The SMILES string of the molecule is Cc1ccc(C#N)cc1S(=O)(=O)N(C)Cc1nccn1C. The third kappa shape index (κ3) is 2.96. The average Bonchev–Trinajstić information content (AvgIpc) is 2.84. The number of nitriles is 1. The molecule has 0 aliphatic rings. The molecular weight excluding hydrogens is 288 g/mol. The molecule has 0 aliphatic heterocycles. The van der Waals surface area contributed by atoms with Crippen LogP contribution in [0.3, 0.4) is 0 Å². The van der Waals surface area contributed by atoms with Crippen LogP contribution in [-0.2, 0) is 23.6 Å². The van der Waals surface area contributed by atoms with Crippen molar-refractivity contribution in [1.82, 2.24) is 13.9 Å². The first-order valence-electron chi connectivity index (χ1n) is 6.29. The summed E-state index contributed by atoms with van der Waals surface area (Å²) in [7, 11) is -0.354. The molecule has 7 heteroatoms. The standard InChI is InChI=1S/C14H16N4O2S/c1-11-4-5-12(9-15)8-13(11)21(19,20)18(3)10-14-16-6-7-17(14)2/h4-8H,10H2,1-3H3. The molecule has 21 heavy (non-hydrogen) atoms. The number of aryl methyl sites for hydroxylation is 2. The lowest BCUT2D eigenvalue weighted by molar-refractivity contribution is 0.451. The van der Waals surface area contributed by atoms with Gasteiger partial charge in [0.15, 0.2) is 0 Å². The van der Waals surface area contributed by atoms with Crippen molar-refractivity contribution in [2.45, 2.75) is 18.4 Å². The van der Waals surface area contributed by atoms with Crippen LogP contribution in [0.15, 0.2) is 35.5 Å². The lowest BCUT2D eigenvalue weighted by Gasteiger charge is -2.18. The molecule has 1 aromatic heterocycles. The largest absolute Gasteiger partial charge is 0.337 e. The van der Waals surface area contributed by atoms with Crippen LogP contribution in [0.25, 0.3) is 0 Å². The molecule has 2 aromatic rings. The molecule has 1 heterocycles. The molecule has 0 saturated heterocycles. The van der Waals surface area contributed by atoms with E-state index in [0.29, 0.717) is 17.0 Å². The molecular formula is C14H16N4O2S. The minimum Gasteiger partial charge on any atom is -0.337 e. The summed E-state index contributed by atoms with van der Waals surface area (Å²) in [5, 5.41) is 8.93. The smallest absolute Gasteiger partial charge is 0.243 e. The van der Waals surface area contributed by atoms with Gasteiger partial charge in [-0.25, -0.2) is 13.4 Å². The van der Waals surface area contributed by atoms with Crippen molar-refractivity contribution < 1.29 is 8.42 Å². The molecule has 110 valence electrons. The van der Waals surface area contributed by atoms with Gasteiger partial charge in [0.1, 0.15) is 5.82 Å². The Labute approximate surface area is 124 Å². The van der Waals surface area contributed by atoms with E-state index < -0.39 is 10.0 Å². The molecule has 0 radical (unpaired) electrons. The van der Waals surface area contributed by atoms with Crippen molar-refractivity contribution >= 4 is 10.0 Å². The summed E-state index contributed by atoms with van der Waals surface area (Å²) >= 11 is 0. The van der Waals surface area contributed by atoms with Crippen molar-refractivity contribution in [1.29, 1.82) is 5.26 Å². The Morgan fingerprint density at radius 3 is 2.71 bits per heavy atom. The monoisotopic (exact) mass is 304 g/mol. The van der Waals surface area contributed by atoms with Crippen LogP contribution < -0.4 is 0 Å². The topological polar surface area (TPSA) is 79.0 Å². The molecule has 1 aromatic carbocycles. The van der Waals surface area contributed by atoms with Crippen molar-refractivity contribution in [3.05, 3.63) is 47.5 Å². The molecule has 0 N–H and O–H groups in total. The highest BCUT2D eigenvalue weighted by molar-refractivity contribution is 7.89. The second kappa shape index (κ2) is 5.68. The average molecular weight is 304 g/mol. The molecule has 0 aliphatic carbocycles. The first kappa shape index (κ1) is 15.2. The van der Waals surface area contributed by atoms with E-state index in [0.717, 1.165) is 0 Å². The maximum atomic E-state index is 12.6. The van der Waals surface area contributed by atoms with Crippen molar-refractivity contribution in [3.63, 3.8) is 0 Å². The summed E-state index contributed by atoms with van der Waals surface area (Å²) in [6.45, 7) is 1.88. The Hall–Kier alpha value is -2.17. The zero-order chi connectivity index (χ0) is 15.6. The predicted octanol–water partition coefficient (Wildman–Crippen LogP) is 1.42. The number of imidazole rings is 1. The second-order valence-electron chi connectivity index (χ2n) is 4.81. The lowest BCUT2D eigenvalue weighted by Crippen LogP contribution is -2.28. The van der Waals surface area contributed by atoms with Gasteiger partial charge >= 0.3 is 0 Å². The molecule has 0 amide bonds. The minimum absolute atomic E-state index is 0.151. The first-order chi connectivity index (χ1) is 9.86. The third-order valence-electron chi connectivity index (χ3n) is 3.29. The summed E-state index contributed by atoms with van der Waals surface area (Å²) < 4.78 is 28.3. The van der Waals surface area contributed by atoms with Gasteiger partial charge in [0.2, 0.25) is 10.0 Å². The Morgan fingerprint density at radius 1 is 1.43 bits per heavy atom. The number of hydrogen-bond acceptors (Lipinski definition) is 4. The van der Waals surface area contributed by atoms with Crippen LogP contribution in [0, 0.1) is 18.3 Å². The van der Waals surface area contributed by atoms with Crippen LogP contribution in [0.2, 0.25) is 0 Å². The fourth-order valence-electron chi connectivity index (χ4n) is 1.95. The van der Waals surface area contributed by atoms with Crippen LogP contribution in [0.5, 0.6) is 0 Å². The zero-order valence-corrected chi connectivity index (χ0v) is 12.9. The van der Waals surface area contributed by atoms with Gasteiger partial charge in [-0.2, -0.15) is 9.57 Å². The van der Waals surface area contributed by atoms with Crippen molar-refractivity contribution in [3.8, 4) is 6.07 Å². The van der Waals surface area contributed by atoms with Crippen molar-refractivity contribution in [2.75, 3.05) is 7.05 Å². The highest BCUT2D eigenvalue weighted by Crippen LogP contribution is 2.21. The molecule has 0 bridgehead atoms. The maximum absolute atomic E-state index is 12.6. The molecule has 0 fully saturated rings. The normalized spacial score (nSPS) is 11.6. The Kier molecular flexibility index (Phi) is 4.11. The zero-order valence-electron chi connectivity index (χ0n) is 12.1. The Morgan fingerprint density at radius 2 is 2.14 bits per heavy atom. The van der Waals surface area contributed by atoms with Gasteiger partial charge in [-0.1, -0.05) is 6.07 Å². The Balaban J connectivity index is 2.38. The number of hydrogen-bond donors (Lipinski definition) is 0. The van der Waals surface area contributed by atoms with E-state index in [4.69, 9.17) is 5.26 Å². The van der Waals surface area contributed by atoms with E-state index >= 15 is 0 Å². The van der Waals surface area contributed by atoms with Gasteiger partial charge in [0.05, 0.1) is 23.1 Å². The minimum atomic E-state index is -3.67. The highest BCUT2D eigenvalue weighted by Gasteiger charge is 2.24. The number of sulfonamides is 1. The van der Waals surface area contributed by atoms with Gasteiger partial charge in [-0.15, -0.1) is 0 Å². The summed E-state index contributed by atoms with van der Waals surface area (Å²) in [4.78, 5) is 4.27. The fraction of sp³-hybridized carbons (Fsp3) is 0.286. The number of rotatable bonds is 4. The van der Waals surface area contributed by atoms with E-state index in [9.17, 15) is 8.42 Å². The molecule has 0 unspecified atom stereocenters. The van der Waals surface area contributed by atoms with E-state index in [-0.39, 0.29) is 11.4 Å². The van der Waals surface area contributed by atoms with Crippen LogP contribution >= 0.6 is 0 Å². The predicted molar refractivity (Wildman–Crippen MR) is 77.8 cm³/mol. The molecule has 0 atom stereocenters. The second-order valence-corrected chi connectivity index (χ2v) is 6.82. The summed E-state index contributed by atoms with van der Waals surface area (Å²) in [5.74, 6) is 0.648. The molecule has 0 saturated carbocycles. The molecule has 6 nitrogen and oxygen atoms in total. The van der Waals surface area contributed by atoms with Gasteiger partial charge in [0, 0.05) is 26.5 Å². The van der Waals surface area contributed by atoms with Crippen LogP contribution in [-0.4, -0.2) is 29.3 Å². The van der Waals surface area contributed by atoms with Gasteiger partial charge in [-0.3, -0.25) is 0 Å². The molecule has 2 rings (SSSR count). The van der Waals surface area contributed by atoms with Gasteiger partial charge in [-0.05, 0) is 24.6 Å². The third-order valence-corrected chi connectivity index (χ3v) is 5.24. The van der Waals surface area contributed by atoms with Crippen LogP contribution in [0.4, 0.5) is 0 Å². The van der Waals surface area contributed by atoms with Gasteiger partial charge < -0.3 is 4.57 Å². The van der Waals surface area contributed by atoms with E-state index in [1.165, 1.54) is 17.4 Å². The summed E-state index contributed by atoms with van der Waals surface area (Å²) in [6.07, 6.45) is 3.38. The fourth-order valence-corrected chi connectivity index (χ4v) is 3.32. The molecule has 0 spiro atoms. The number of aromatic nitrogens is 2. The highest BCUT2D eigenvalue weighted by atomic mass is 32.2. The Bertz CT molecular complexity index is 803. The number of benzene rings is 1.